The maximum absolute atomic E-state index is 12.5. The molecule has 2 N–H and O–H groups in total. The first-order valence-electron chi connectivity index (χ1n) is 7.58. The summed E-state index contributed by atoms with van der Waals surface area (Å²) in [4.78, 5) is 29.2. The van der Waals surface area contributed by atoms with E-state index in [0.717, 1.165) is 0 Å². The van der Waals surface area contributed by atoms with Crippen molar-refractivity contribution in [2.75, 3.05) is 0 Å². The monoisotopic (exact) mass is 334 g/mol. The smallest absolute Gasteiger partial charge is 0.262 e. The average Bonchev–Trinajstić information content (AvgIpc) is 3.16. The normalized spacial score (nSPS) is 13.6. The topological polar surface area (TPSA) is 76.0 Å². The van der Waals surface area contributed by atoms with Crippen LogP contribution in [0, 0.1) is 5.92 Å². The average molecular weight is 334 g/mol. The van der Waals surface area contributed by atoms with Crippen molar-refractivity contribution < 1.29 is 9.59 Å². The summed E-state index contributed by atoms with van der Waals surface area (Å²) in [6.07, 6.45) is 5.26. The fourth-order valence-electron chi connectivity index (χ4n) is 2.24. The van der Waals surface area contributed by atoms with Crippen molar-refractivity contribution >= 4 is 23.2 Å². The number of carbonyl (C=O) groups excluding carboxylic acids is 2. The Bertz CT molecular complexity index is 623. The lowest BCUT2D eigenvalue weighted by Gasteiger charge is -2.24. The van der Waals surface area contributed by atoms with E-state index in [2.05, 4.69) is 15.6 Å². The van der Waals surface area contributed by atoms with Crippen LogP contribution in [0.25, 0.3) is 0 Å². The molecule has 0 aromatic carbocycles. The van der Waals surface area contributed by atoms with Crippen LogP contribution in [-0.4, -0.2) is 33.4 Å². The molecule has 0 saturated heterocycles. The summed E-state index contributed by atoms with van der Waals surface area (Å²) in [6, 6.07) is 2.94. The van der Waals surface area contributed by atoms with Crippen LogP contribution >= 0.6 is 11.3 Å². The van der Waals surface area contributed by atoms with Crippen LogP contribution in [0.1, 0.15) is 30.4 Å². The van der Waals surface area contributed by atoms with Crippen molar-refractivity contribution in [2.45, 2.75) is 39.4 Å². The molecule has 2 heterocycles. The van der Waals surface area contributed by atoms with Gasteiger partial charge in [0.25, 0.3) is 5.91 Å². The van der Waals surface area contributed by atoms with E-state index in [-0.39, 0.29) is 23.8 Å². The fraction of sp³-hybridized carbons (Fsp3) is 0.438. The minimum atomic E-state index is -0.560. The van der Waals surface area contributed by atoms with Crippen LogP contribution in [-0.2, 0) is 11.3 Å². The van der Waals surface area contributed by atoms with Gasteiger partial charge in [0.15, 0.2) is 0 Å². The lowest BCUT2D eigenvalue weighted by Crippen LogP contribution is -2.52. The highest BCUT2D eigenvalue weighted by Crippen LogP contribution is 2.10. The molecule has 0 spiro atoms. The zero-order chi connectivity index (χ0) is 16.8. The number of imidazole rings is 1. The number of thiophene rings is 1. The third-order valence-electron chi connectivity index (χ3n) is 3.41. The molecule has 124 valence electrons. The molecule has 2 aromatic rings. The number of nitrogens with one attached hydrogen (secondary N) is 2. The van der Waals surface area contributed by atoms with Gasteiger partial charge in [-0.15, -0.1) is 11.3 Å². The van der Waals surface area contributed by atoms with E-state index in [1.807, 2.05) is 43.0 Å². The van der Waals surface area contributed by atoms with E-state index in [0.29, 0.717) is 11.4 Å². The van der Waals surface area contributed by atoms with E-state index in [9.17, 15) is 9.59 Å². The van der Waals surface area contributed by atoms with Crippen LogP contribution in [0.5, 0.6) is 0 Å². The highest BCUT2D eigenvalue weighted by atomic mass is 32.1. The van der Waals surface area contributed by atoms with Crippen LogP contribution in [0.4, 0.5) is 0 Å². The van der Waals surface area contributed by atoms with E-state index >= 15 is 0 Å². The molecule has 2 unspecified atom stereocenters. The van der Waals surface area contributed by atoms with E-state index in [1.54, 1.807) is 18.6 Å². The predicted octanol–water partition coefficient (Wildman–Crippen LogP) is 1.90. The van der Waals surface area contributed by atoms with Crippen LogP contribution in [0.2, 0.25) is 0 Å². The van der Waals surface area contributed by atoms with Crippen molar-refractivity contribution in [1.82, 2.24) is 20.2 Å². The number of rotatable bonds is 7. The van der Waals surface area contributed by atoms with Crippen molar-refractivity contribution in [3.63, 3.8) is 0 Å². The molecule has 0 bridgehead atoms. The summed E-state index contributed by atoms with van der Waals surface area (Å²) >= 11 is 1.36. The molecule has 2 aromatic heterocycles. The van der Waals surface area contributed by atoms with Gasteiger partial charge >= 0.3 is 0 Å². The van der Waals surface area contributed by atoms with Crippen LogP contribution in [0.15, 0.2) is 36.2 Å². The summed E-state index contributed by atoms with van der Waals surface area (Å²) in [5.74, 6) is -0.381. The third kappa shape index (κ3) is 4.92. The first-order valence-corrected chi connectivity index (χ1v) is 8.46. The maximum Gasteiger partial charge on any atom is 0.262 e. The van der Waals surface area contributed by atoms with Gasteiger partial charge in [-0.2, -0.15) is 0 Å². The van der Waals surface area contributed by atoms with Gasteiger partial charge < -0.3 is 15.2 Å². The summed E-state index contributed by atoms with van der Waals surface area (Å²) in [7, 11) is 0. The lowest BCUT2D eigenvalue weighted by atomic mass is 10.0. The molecule has 7 heteroatoms. The van der Waals surface area contributed by atoms with Crippen LogP contribution in [0.3, 0.4) is 0 Å². The summed E-state index contributed by atoms with van der Waals surface area (Å²) in [5, 5.41) is 7.61. The van der Waals surface area contributed by atoms with Crippen molar-refractivity contribution in [1.29, 1.82) is 0 Å². The molecule has 0 saturated carbocycles. The number of nitrogens with zero attached hydrogens (tertiary/aromatic N) is 2. The minimum Gasteiger partial charge on any atom is -0.350 e. The largest absolute Gasteiger partial charge is 0.350 e. The zero-order valence-electron chi connectivity index (χ0n) is 13.5. The molecule has 0 aliphatic heterocycles. The van der Waals surface area contributed by atoms with Gasteiger partial charge in [-0.25, -0.2) is 4.98 Å². The molecule has 6 nitrogen and oxygen atoms in total. The highest BCUT2D eigenvalue weighted by Gasteiger charge is 2.25. The summed E-state index contributed by atoms with van der Waals surface area (Å²) in [5.41, 5.74) is 0. The third-order valence-corrected chi connectivity index (χ3v) is 4.28. The second-order valence-corrected chi connectivity index (χ2v) is 6.79. The molecule has 0 radical (unpaired) electrons. The van der Waals surface area contributed by atoms with Gasteiger partial charge in [0.1, 0.15) is 6.04 Å². The quantitative estimate of drug-likeness (QED) is 0.812. The van der Waals surface area contributed by atoms with Gasteiger partial charge in [0.05, 0.1) is 11.2 Å². The lowest BCUT2D eigenvalue weighted by molar-refractivity contribution is -0.124. The maximum atomic E-state index is 12.5. The van der Waals surface area contributed by atoms with Crippen molar-refractivity contribution in [3.8, 4) is 0 Å². The van der Waals surface area contributed by atoms with E-state index in [4.69, 9.17) is 0 Å². The molecule has 2 amide bonds. The molecule has 2 atom stereocenters. The summed E-state index contributed by atoms with van der Waals surface area (Å²) in [6.45, 7) is 6.39. The second kappa shape index (κ2) is 7.92. The Labute approximate surface area is 139 Å². The van der Waals surface area contributed by atoms with Crippen LogP contribution < -0.4 is 10.6 Å². The predicted molar refractivity (Wildman–Crippen MR) is 90.2 cm³/mol. The molecule has 0 aliphatic carbocycles. The van der Waals surface area contributed by atoms with Gasteiger partial charge in [-0.1, -0.05) is 19.9 Å². The van der Waals surface area contributed by atoms with Crippen molar-refractivity contribution in [3.05, 3.63) is 41.1 Å². The Balaban J connectivity index is 1.94. The number of amides is 2. The molecular weight excluding hydrogens is 312 g/mol. The molecule has 2 rings (SSSR count). The molecule has 0 fully saturated rings. The first kappa shape index (κ1) is 17.2. The molecule has 0 aliphatic rings. The summed E-state index contributed by atoms with van der Waals surface area (Å²) < 4.78 is 1.90. The Morgan fingerprint density at radius 1 is 1.30 bits per heavy atom. The van der Waals surface area contributed by atoms with Gasteiger partial charge in [0.2, 0.25) is 5.91 Å². The molecular formula is C16H22N4O2S. The Hall–Kier alpha value is -2.15. The number of aromatic nitrogens is 2. The van der Waals surface area contributed by atoms with Gasteiger partial charge in [0, 0.05) is 25.0 Å². The van der Waals surface area contributed by atoms with Gasteiger partial charge in [-0.3, -0.25) is 9.59 Å². The Morgan fingerprint density at radius 2 is 2.09 bits per heavy atom. The fourth-order valence-corrected chi connectivity index (χ4v) is 2.87. The Morgan fingerprint density at radius 3 is 2.65 bits per heavy atom. The van der Waals surface area contributed by atoms with Crippen molar-refractivity contribution in [2.24, 2.45) is 5.92 Å². The molecule has 23 heavy (non-hydrogen) atoms. The number of hydrogen-bond donors (Lipinski definition) is 2. The zero-order valence-corrected chi connectivity index (χ0v) is 14.3. The SMILES string of the molecule is CC(Cn1ccnc1)NC(=O)C(NC(=O)c1cccs1)C(C)C. The second-order valence-electron chi connectivity index (χ2n) is 5.84. The standard InChI is InChI=1S/C16H22N4O2S/c1-11(2)14(19-15(21)13-5-4-8-23-13)16(22)18-12(3)9-20-7-6-17-10-20/h4-8,10-12,14H,9H2,1-3H3,(H,18,22)(H,19,21). The number of hydrogen-bond acceptors (Lipinski definition) is 4. The Kier molecular flexibility index (Phi) is 5.92. The number of carbonyl (C=O) groups is 2. The van der Waals surface area contributed by atoms with Gasteiger partial charge in [-0.05, 0) is 24.3 Å². The van der Waals surface area contributed by atoms with E-state index < -0.39 is 6.04 Å². The first-order chi connectivity index (χ1) is 11.0. The minimum absolute atomic E-state index is 0.000595. The highest BCUT2D eigenvalue weighted by molar-refractivity contribution is 7.12. The van der Waals surface area contributed by atoms with E-state index in [1.165, 1.54) is 11.3 Å².